The van der Waals surface area contributed by atoms with Gasteiger partial charge in [0.25, 0.3) is 5.91 Å². The van der Waals surface area contributed by atoms with Crippen molar-refractivity contribution in [3.05, 3.63) is 102 Å². The van der Waals surface area contributed by atoms with Crippen molar-refractivity contribution < 1.29 is 13.9 Å². The summed E-state index contributed by atoms with van der Waals surface area (Å²) in [6, 6.07) is 15.7. The van der Waals surface area contributed by atoms with Crippen molar-refractivity contribution in [2.75, 3.05) is 13.1 Å². The molecular weight excluding hydrogens is 433 g/mol. The maximum atomic E-state index is 14.1. The Morgan fingerprint density at radius 2 is 1.85 bits per heavy atom. The molecule has 0 N–H and O–H groups in total. The highest BCUT2D eigenvalue weighted by Gasteiger charge is 2.30. The SMILES string of the molecule is O=C(c1ccccc1Cn1cccn1)N1CCCC(c2nccnc2Oc2ccccc2F)C1. The molecule has 4 aromatic rings. The number of halogens is 1. The van der Waals surface area contributed by atoms with Crippen LogP contribution in [0.5, 0.6) is 11.6 Å². The molecule has 0 bridgehead atoms. The first kappa shape index (κ1) is 21.8. The van der Waals surface area contributed by atoms with Crippen molar-refractivity contribution in [1.82, 2.24) is 24.6 Å². The number of amides is 1. The number of likely N-dealkylation sites (tertiary alicyclic amines) is 1. The van der Waals surface area contributed by atoms with Gasteiger partial charge < -0.3 is 9.64 Å². The van der Waals surface area contributed by atoms with Crippen molar-refractivity contribution in [2.24, 2.45) is 0 Å². The average Bonchev–Trinajstić information content (AvgIpc) is 3.39. The third kappa shape index (κ3) is 4.66. The van der Waals surface area contributed by atoms with E-state index in [0.29, 0.717) is 30.9 Å². The lowest BCUT2D eigenvalue weighted by molar-refractivity contribution is 0.0703. The van der Waals surface area contributed by atoms with Gasteiger partial charge in [-0.05, 0) is 42.7 Å². The minimum absolute atomic E-state index is 0.0204. The smallest absolute Gasteiger partial charge is 0.254 e. The Hall–Kier alpha value is -4.07. The van der Waals surface area contributed by atoms with Gasteiger partial charge in [-0.2, -0.15) is 5.10 Å². The number of ether oxygens (including phenoxy) is 1. The zero-order chi connectivity index (χ0) is 23.3. The molecule has 1 aliphatic rings. The predicted octanol–water partition coefficient (Wildman–Crippen LogP) is 4.67. The molecule has 0 radical (unpaired) electrons. The van der Waals surface area contributed by atoms with E-state index in [-0.39, 0.29) is 23.5 Å². The molecule has 0 spiro atoms. The fourth-order valence-corrected chi connectivity index (χ4v) is 4.32. The van der Waals surface area contributed by atoms with Crippen molar-refractivity contribution in [1.29, 1.82) is 0 Å². The van der Waals surface area contributed by atoms with E-state index in [9.17, 15) is 9.18 Å². The van der Waals surface area contributed by atoms with Gasteiger partial charge in [0, 0.05) is 49.4 Å². The van der Waals surface area contributed by atoms with E-state index < -0.39 is 5.82 Å². The summed E-state index contributed by atoms with van der Waals surface area (Å²) < 4.78 is 21.7. The summed E-state index contributed by atoms with van der Waals surface area (Å²) in [5.74, 6) is -0.181. The van der Waals surface area contributed by atoms with Gasteiger partial charge in [-0.1, -0.05) is 30.3 Å². The summed E-state index contributed by atoms with van der Waals surface area (Å²) in [6.07, 6.45) is 8.39. The number of piperidine rings is 1. The lowest BCUT2D eigenvalue weighted by atomic mass is 9.93. The van der Waals surface area contributed by atoms with E-state index in [1.54, 1.807) is 35.3 Å². The number of aromatic nitrogens is 4. The van der Waals surface area contributed by atoms with Gasteiger partial charge >= 0.3 is 0 Å². The van der Waals surface area contributed by atoms with Crippen LogP contribution < -0.4 is 4.74 Å². The topological polar surface area (TPSA) is 73.1 Å². The quantitative estimate of drug-likeness (QED) is 0.421. The normalized spacial score (nSPS) is 15.8. The molecular formula is C26H24FN5O2. The number of rotatable bonds is 6. The maximum absolute atomic E-state index is 14.1. The first-order valence-corrected chi connectivity index (χ1v) is 11.3. The number of hydrogen-bond acceptors (Lipinski definition) is 5. The summed E-state index contributed by atoms with van der Waals surface area (Å²) in [7, 11) is 0. The van der Waals surface area contributed by atoms with Gasteiger partial charge in [-0.3, -0.25) is 14.5 Å². The number of hydrogen-bond donors (Lipinski definition) is 0. The highest BCUT2D eigenvalue weighted by atomic mass is 19.1. The van der Waals surface area contributed by atoms with Crippen LogP contribution >= 0.6 is 0 Å². The zero-order valence-electron chi connectivity index (χ0n) is 18.5. The third-order valence-electron chi connectivity index (χ3n) is 5.97. The van der Waals surface area contributed by atoms with Crippen LogP contribution in [0.15, 0.2) is 79.4 Å². The summed E-state index contributed by atoms with van der Waals surface area (Å²) in [5.41, 5.74) is 2.22. The molecule has 0 saturated carbocycles. The van der Waals surface area contributed by atoms with Crippen LogP contribution in [0.3, 0.4) is 0 Å². The van der Waals surface area contributed by atoms with Crippen LogP contribution in [0, 0.1) is 5.82 Å². The zero-order valence-corrected chi connectivity index (χ0v) is 18.5. The lowest BCUT2D eigenvalue weighted by Gasteiger charge is -2.33. The Morgan fingerprint density at radius 1 is 1.03 bits per heavy atom. The molecule has 8 heteroatoms. The van der Waals surface area contributed by atoms with E-state index in [4.69, 9.17) is 4.74 Å². The monoisotopic (exact) mass is 457 g/mol. The van der Waals surface area contributed by atoms with Crippen molar-refractivity contribution in [3.8, 4) is 11.6 Å². The standard InChI is InChI=1S/C26H24FN5O2/c27-22-10-3-4-11-23(22)34-25-24(28-13-14-29-25)20-8-5-15-31(17-20)26(33)21-9-2-1-7-19(21)18-32-16-6-12-30-32/h1-4,6-7,9-14,16,20H,5,8,15,17-18H2. The molecule has 1 aliphatic heterocycles. The Labute approximate surface area is 196 Å². The van der Waals surface area contributed by atoms with E-state index in [2.05, 4.69) is 15.1 Å². The molecule has 172 valence electrons. The first-order valence-electron chi connectivity index (χ1n) is 11.3. The molecule has 1 fully saturated rings. The van der Waals surface area contributed by atoms with Crippen LogP contribution in [0.2, 0.25) is 0 Å². The number of nitrogens with zero attached hydrogens (tertiary/aromatic N) is 5. The van der Waals surface area contributed by atoms with Gasteiger partial charge in [0.1, 0.15) is 5.69 Å². The molecule has 5 rings (SSSR count). The van der Waals surface area contributed by atoms with Crippen molar-refractivity contribution >= 4 is 5.91 Å². The minimum atomic E-state index is -0.464. The summed E-state index contributed by atoms with van der Waals surface area (Å²) in [6.45, 7) is 1.67. The molecule has 1 unspecified atom stereocenters. The maximum Gasteiger partial charge on any atom is 0.254 e. The fourth-order valence-electron chi connectivity index (χ4n) is 4.32. The summed E-state index contributed by atoms with van der Waals surface area (Å²) in [5, 5.41) is 4.26. The van der Waals surface area contributed by atoms with E-state index in [0.717, 1.165) is 18.4 Å². The average molecular weight is 458 g/mol. The van der Waals surface area contributed by atoms with Crippen molar-refractivity contribution in [2.45, 2.75) is 25.3 Å². The van der Waals surface area contributed by atoms with Gasteiger partial charge in [0.15, 0.2) is 11.6 Å². The van der Waals surface area contributed by atoms with Crippen molar-refractivity contribution in [3.63, 3.8) is 0 Å². The second-order valence-corrected chi connectivity index (χ2v) is 8.23. The Balaban J connectivity index is 1.37. The number of carbonyl (C=O) groups excluding carboxylic acids is 1. The van der Waals surface area contributed by atoms with E-state index >= 15 is 0 Å². The van der Waals surface area contributed by atoms with Crippen LogP contribution in [0.4, 0.5) is 4.39 Å². The van der Waals surface area contributed by atoms with Crippen LogP contribution in [0.1, 0.15) is 40.4 Å². The lowest BCUT2D eigenvalue weighted by Crippen LogP contribution is -2.39. The van der Waals surface area contributed by atoms with Gasteiger partial charge in [0.05, 0.1) is 6.54 Å². The van der Waals surface area contributed by atoms with Gasteiger partial charge in [-0.25, -0.2) is 9.37 Å². The second-order valence-electron chi connectivity index (χ2n) is 8.23. The highest BCUT2D eigenvalue weighted by Crippen LogP contribution is 2.34. The van der Waals surface area contributed by atoms with E-state index in [1.807, 2.05) is 41.4 Å². The largest absolute Gasteiger partial charge is 0.434 e. The van der Waals surface area contributed by atoms with Gasteiger partial charge in [-0.15, -0.1) is 0 Å². The second kappa shape index (κ2) is 9.82. The summed E-state index contributed by atoms with van der Waals surface area (Å²) >= 11 is 0. The van der Waals surface area contributed by atoms with Crippen LogP contribution in [-0.4, -0.2) is 43.6 Å². The molecule has 3 heterocycles. The number of benzene rings is 2. The molecule has 2 aromatic heterocycles. The Morgan fingerprint density at radius 3 is 2.71 bits per heavy atom. The molecule has 1 amide bonds. The fraction of sp³-hybridized carbons (Fsp3) is 0.231. The molecule has 34 heavy (non-hydrogen) atoms. The number of para-hydroxylation sites is 1. The first-order chi connectivity index (χ1) is 16.7. The summed E-state index contributed by atoms with van der Waals surface area (Å²) in [4.78, 5) is 24.2. The molecule has 1 atom stereocenters. The Kier molecular flexibility index (Phi) is 6.29. The molecule has 1 saturated heterocycles. The Bertz CT molecular complexity index is 1280. The molecule has 0 aliphatic carbocycles. The highest BCUT2D eigenvalue weighted by molar-refractivity contribution is 5.95. The number of carbonyl (C=O) groups is 1. The van der Waals surface area contributed by atoms with Crippen LogP contribution in [-0.2, 0) is 6.54 Å². The third-order valence-corrected chi connectivity index (χ3v) is 5.97. The molecule has 7 nitrogen and oxygen atoms in total. The van der Waals surface area contributed by atoms with E-state index in [1.165, 1.54) is 12.3 Å². The van der Waals surface area contributed by atoms with Gasteiger partial charge in [0.2, 0.25) is 5.88 Å². The van der Waals surface area contributed by atoms with Crippen LogP contribution in [0.25, 0.3) is 0 Å². The molecule has 2 aromatic carbocycles. The minimum Gasteiger partial charge on any atom is -0.434 e. The predicted molar refractivity (Wildman–Crippen MR) is 124 cm³/mol.